The zero-order chi connectivity index (χ0) is 14.7. The van der Waals surface area contributed by atoms with Gasteiger partial charge in [0, 0.05) is 18.6 Å². The summed E-state index contributed by atoms with van der Waals surface area (Å²) in [5, 5.41) is 0. The maximum absolute atomic E-state index is 11.4. The van der Waals surface area contributed by atoms with E-state index >= 15 is 0 Å². The van der Waals surface area contributed by atoms with Crippen molar-refractivity contribution in [2.24, 2.45) is 0 Å². The van der Waals surface area contributed by atoms with Crippen molar-refractivity contribution in [2.75, 3.05) is 6.61 Å². The quantitative estimate of drug-likeness (QED) is 0.806. The van der Waals surface area contributed by atoms with Crippen LogP contribution in [0.4, 0.5) is 0 Å². The average Bonchev–Trinajstić information content (AvgIpc) is 2.65. The molecule has 0 radical (unpaired) electrons. The van der Waals surface area contributed by atoms with Crippen molar-refractivity contribution >= 4 is 6.29 Å². The maximum atomic E-state index is 11.4. The van der Waals surface area contributed by atoms with Crippen molar-refractivity contribution in [1.82, 2.24) is 0 Å². The molecule has 0 aromatic heterocycles. The number of carbonyl (C=O) groups is 1. The Morgan fingerprint density at radius 1 is 1.14 bits per heavy atom. The summed E-state index contributed by atoms with van der Waals surface area (Å²) in [7, 11) is 0. The molecule has 108 valence electrons. The Bertz CT molecular complexity index is 601. The molecule has 3 nitrogen and oxygen atoms in total. The van der Waals surface area contributed by atoms with Crippen LogP contribution in [0.2, 0.25) is 0 Å². The monoisotopic (exact) mass is 282 g/mol. The van der Waals surface area contributed by atoms with Crippen LogP contribution in [-0.2, 0) is 21.7 Å². The van der Waals surface area contributed by atoms with Crippen molar-refractivity contribution in [2.45, 2.75) is 25.6 Å². The van der Waals surface area contributed by atoms with E-state index in [-0.39, 0.29) is 6.42 Å². The molecule has 0 saturated carbocycles. The highest BCUT2D eigenvalue weighted by Crippen LogP contribution is 2.44. The Morgan fingerprint density at radius 3 is 2.62 bits per heavy atom. The summed E-state index contributed by atoms with van der Waals surface area (Å²) in [6, 6.07) is 15.8. The third-order valence-corrected chi connectivity index (χ3v) is 3.92. The van der Waals surface area contributed by atoms with Crippen LogP contribution in [0.25, 0.3) is 0 Å². The molecule has 3 rings (SSSR count). The molecule has 2 aromatic carbocycles. The molecule has 0 bridgehead atoms. The molecule has 0 amide bonds. The van der Waals surface area contributed by atoms with Gasteiger partial charge in [0.1, 0.15) is 24.2 Å². The molecule has 1 unspecified atom stereocenters. The van der Waals surface area contributed by atoms with Crippen molar-refractivity contribution in [3.8, 4) is 5.75 Å². The number of para-hydroxylation sites is 1. The SMILES string of the molecule is CCOC1(CC=O)c2ccccc2COc2ccccc21. The third-order valence-electron chi connectivity index (χ3n) is 3.92. The van der Waals surface area contributed by atoms with Crippen molar-refractivity contribution in [3.05, 3.63) is 65.2 Å². The minimum atomic E-state index is -0.764. The van der Waals surface area contributed by atoms with Crippen molar-refractivity contribution in [1.29, 1.82) is 0 Å². The van der Waals surface area contributed by atoms with Gasteiger partial charge in [-0.3, -0.25) is 0 Å². The summed E-state index contributed by atoms with van der Waals surface area (Å²) < 4.78 is 12.1. The standard InChI is InChI=1S/C18H18O3/c1-2-21-18(11-12-19)15-8-4-3-7-14(15)13-20-17-10-6-5-9-16(17)18/h3-10,12H,2,11,13H2,1H3. The van der Waals surface area contributed by atoms with E-state index in [2.05, 4.69) is 0 Å². The summed E-state index contributed by atoms with van der Waals surface area (Å²) in [5.74, 6) is 0.781. The highest BCUT2D eigenvalue weighted by molar-refractivity contribution is 5.59. The number of benzene rings is 2. The number of fused-ring (bicyclic) bond motifs is 2. The Kier molecular flexibility index (Phi) is 3.76. The average molecular weight is 282 g/mol. The first kappa shape index (κ1) is 13.8. The van der Waals surface area contributed by atoms with Crippen LogP contribution < -0.4 is 4.74 Å². The zero-order valence-electron chi connectivity index (χ0n) is 12.0. The van der Waals surface area contributed by atoms with Crippen LogP contribution in [-0.4, -0.2) is 12.9 Å². The second-order valence-electron chi connectivity index (χ2n) is 5.07. The highest BCUT2D eigenvalue weighted by atomic mass is 16.5. The Labute approximate surface area is 124 Å². The van der Waals surface area contributed by atoms with Crippen LogP contribution in [0.15, 0.2) is 48.5 Å². The fraction of sp³-hybridized carbons (Fsp3) is 0.278. The fourth-order valence-corrected chi connectivity index (χ4v) is 3.06. The Hall–Kier alpha value is -2.13. The van der Waals surface area contributed by atoms with Gasteiger partial charge >= 0.3 is 0 Å². The largest absolute Gasteiger partial charge is 0.488 e. The van der Waals surface area contributed by atoms with Crippen LogP contribution in [0.3, 0.4) is 0 Å². The van der Waals surface area contributed by atoms with Gasteiger partial charge in [-0.05, 0) is 24.1 Å². The van der Waals surface area contributed by atoms with Gasteiger partial charge in [-0.1, -0.05) is 42.5 Å². The molecular weight excluding hydrogens is 264 g/mol. The number of hydrogen-bond acceptors (Lipinski definition) is 3. The minimum Gasteiger partial charge on any atom is -0.488 e. The minimum absolute atomic E-state index is 0.276. The van der Waals surface area contributed by atoms with E-state index in [9.17, 15) is 4.79 Å². The van der Waals surface area contributed by atoms with E-state index in [4.69, 9.17) is 9.47 Å². The molecule has 2 aromatic rings. The van der Waals surface area contributed by atoms with Crippen molar-refractivity contribution in [3.63, 3.8) is 0 Å². The summed E-state index contributed by atoms with van der Waals surface area (Å²) in [4.78, 5) is 11.4. The lowest BCUT2D eigenvalue weighted by molar-refractivity contribution is -0.113. The second kappa shape index (κ2) is 5.70. The van der Waals surface area contributed by atoms with E-state index in [1.54, 1.807) is 0 Å². The first-order valence-corrected chi connectivity index (χ1v) is 7.20. The van der Waals surface area contributed by atoms with Gasteiger partial charge in [0.15, 0.2) is 0 Å². The van der Waals surface area contributed by atoms with Gasteiger partial charge in [-0.15, -0.1) is 0 Å². The molecule has 0 fully saturated rings. The predicted octanol–water partition coefficient (Wildman–Crippen LogP) is 3.45. The van der Waals surface area contributed by atoms with Gasteiger partial charge in [-0.25, -0.2) is 0 Å². The molecule has 1 aliphatic rings. The van der Waals surface area contributed by atoms with Crippen LogP contribution >= 0.6 is 0 Å². The lowest BCUT2D eigenvalue weighted by Gasteiger charge is -2.33. The smallest absolute Gasteiger partial charge is 0.129 e. The first-order chi connectivity index (χ1) is 10.3. The van der Waals surface area contributed by atoms with Crippen LogP contribution in [0, 0.1) is 0 Å². The lowest BCUT2D eigenvalue weighted by Crippen LogP contribution is -2.32. The van der Waals surface area contributed by atoms with Crippen molar-refractivity contribution < 1.29 is 14.3 Å². The molecule has 1 heterocycles. The highest BCUT2D eigenvalue weighted by Gasteiger charge is 2.40. The van der Waals surface area contributed by atoms with Gasteiger partial charge in [0.05, 0.1) is 0 Å². The normalized spacial score (nSPS) is 19.9. The predicted molar refractivity (Wildman–Crippen MR) is 80.3 cm³/mol. The molecule has 0 spiro atoms. The molecule has 0 aliphatic carbocycles. The topological polar surface area (TPSA) is 35.5 Å². The van der Waals surface area contributed by atoms with Gasteiger partial charge < -0.3 is 14.3 Å². The number of aldehydes is 1. The Balaban J connectivity index is 2.30. The first-order valence-electron chi connectivity index (χ1n) is 7.20. The maximum Gasteiger partial charge on any atom is 0.129 e. The zero-order valence-corrected chi connectivity index (χ0v) is 12.0. The Morgan fingerprint density at radius 2 is 1.86 bits per heavy atom. The summed E-state index contributed by atoms with van der Waals surface area (Å²) in [6.45, 7) is 2.96. The summed E-state index contributed by atoms with van der Waals surface area (Å²) >= 11 is 0. The number of ether oxygens (including phenoxy) is 2. The molecule has 1 aliphatic heterocycles. The summed E-state index contributed by atoms with van der Waals surface area (Å²) in [5.41, 5.74) is 2.23. The second-order valence-corrected chi connectivity index (χ2v) is 5.07. The molecular formula is C18H18O3. The molecule has 3 heteroatoms. The van der Waals surface area contributed by atoms with E-state index in [1.165, 1.54) is 0 Å². The van der Waals surface area contributed by atoms with E-state index in [1.807, 2.05) is 55.5 Å². The van der Waals surface area contributed by atoms with Gasteiger partial charge in [0.2, 0.25) is 0 Å². The molecule has 1 atom stereocenters. The fourth-order valence-electron chi connectivity index (χ4n) is 3.06. The summed E-state index contributed by atoms with van der Waals surface area (Å²) in [6.07, 6.45) is 1.20. The van der Waals surface area contributed by atoms with Gasteiger partial charge in [-0.2, -0.15) is 0 Å². The van der Waals surface area contributed by atoms with Crippen LogP contribution in [0.5, 0.6) is 5.75 Å². The molecule has 0 N–H and O–H groups in total. The lowest BCUT2D eigenvalue weighted by atomic mass is 9.81. The van der Waals surface area contributed by atoms with Gasteiger partial charge in [0.25, 0.3) is 0 Å². The molecule has 0 saturated heterocycles. The molecule has 21 heavy (non-hydrogen) atoms. The van der Waals surface area contributed by atoms with E-state index < -0.39 is 5.60 Å². The number of carbonyl (C=O) groups excluding carboxylic acids is 1. The van der Waals surface area contributed by atoms with Crippen LogP contribution in [0.1, 0.15) is 30.0 Å². The van der Waals surface area contributed by atoms with E-state index in [0.717, 1.165) is 28.7 Å². The van der Waals surface area contributed by atoms with E-state index in [0.29, 0.717) is 13.2 Å². The number of hydrogen-bond donors (Lipinski definition) is 0. The number of rotatable bonds is 4. The third kappa shape index (κ3) is 2.24.